The van der Waals surface area contributed by atoms with Crippen LogP contribution in [-0.2, 0) is 11.3 Å². The molecule has 0 saturated carbocycles. The van der Waals surface area contributed by atoms with E-state index >= 15 is 4.39 Å². The molecule has 3 heterocycles. The van der Waals surface area contributed by atoms with E-state index in [1.807, 2.05) is 11.8 Å². The van der Waals surface area contributed by atoms with E-state index < -0.39 is 30.0 Å². The molecule has 0 spiro atoms. The third-order valence-electron chi connectivity index (χ3n) is 8.25. The van der Waals surface area contributed by atoms with Gasteiger partial charge in [-0.2, -0.15) is 0 Å². The number of carboxylic acids is 1. The number of carbonyl (C=O) groups excluding carboxylic acids is 1. The molecule has 9 nitrogen and oxygen atoms in total. The molecule has 2 fully saturated rings. The van der Waals surface area contributed by atoms with E-state index in [-0.39, 0.29) is 29.2 Å². The highest BCUT2D eigenvalue weighted by Gasteiger charge is 2.40. The number of halogens is 2. The minimum absolute atomic E-state index is 0.0680. The van der Waals surface area contributed by atoms with Crippen molar-refractivity contribution in [2.75, 3.05) is 25.1 Å². The van der Waals surface area contributed by atoms with Crippen molar-refractivity contribution in [3.05, 3.63) is 94.8 Å². The zero-order chi connectivity index (χ0) is 31.1. The van der Waals surface area contributed by atoms with Crippen molar-refractivity contribution in [2.45, 2.75) is 39.0 Å². The average molecular weight is 601 g/mol. The van der Waals surface area contributed by atoms with Crippen molar-refractivity contribution in [2.24, 2.45) is 0 Å². The van der Waals surface area contributed by atoms with Gasteiger partial charge in [0.25, 0.3) is 0 Å². The number of rotatable bonds is 8. The highest BCUT2D eigenvalue weighted by molar-refractivity contribution is 5.89. The van der Waals surface area contributed by atoms with Crippen LogP contribution < -0.4 is 9.64 Å². The van der Waals surface area contributed by atoms with E-state index in [1.54, 1.807) is 42.3 Å². The van der Waals surface area contributed by atoms with Gasteiger partial charge in [-0.15, -0.1) is 0 Å². The molecule has 0 unspecified atom stereocenters. The van der Waals surface area contributed by atoms with Crippen LogP contribution in [0.5, 0.6) is 5.75 Å². The molecule has 1 N–H and O–H groups in total. The van der Waals surface area contributed by atoms with Crippen LogP contribution >= 0.6 is 0 Å². The van der Waals surface area contributed by atoms with Crippen LogP contribution in [-0.4, -0.2) is 58.3 Å². The molecule has 3 aromatic carbocycles. The second-order valence-electron chi connectivity index (χ2n) is 11.0. The van der Waals surface area contributed by atoms with E-state index in [4.69, 9.17) is 14.5 Å². The molecule has 2 atom stereocenters. The summed E-state index contributed by atoms with van der Waals surface area (Å²) in [5.41, 5.74) is 3.69. The van der Waals surface area contributed by atoms with Gasteiger partial charge in [-0.25, -0.2) is 28.3 Å². The Morgan fingerprint density at radius 3 is 2.43 bits per heavy atom. The summed E-state index contributed by atoms with van der Waals surface area (Å²) in [5, 5.41) is 9.39. The summed E-state index contributed by atoms with van der Waals surface area (Å²) in [6.07, 6.45) is 1.53. The van der Waals surface area contributed by atoms with Crippen molar-refractivity contribution in [3.8, 4) is 28.0 Å². The molecule has 2 aliphatic rings. The van der Waals surface area contributed by atoms with Crippen molar-refractivity contribution in [1.29, 1.82) is 0 Å². The quantitative estimate of drug-likeness (QED) is 0.248. The van der Waals surface area contributed by atoms with Gasteiger partial charge in [-0.05, 0) is 67.3 Å². The number of carboxylic acid groups (broad SMARTS) is 1. The van der Waals surface area contributed by atoms with Gasteiger partial charge in [0, 0.05) is 42.0 Å². The van der Waals surface area contributed by atoms with Crippen molar-refractivity contribution in [1.82, 2.24) is 14.9 Å². The number of benzene rings is 3. The summed E-state index contributed by atoms with van der Waals surface area (Å²) in [6.45, 7) is 5.26. The van der Waals surface area contributed by atoms with E-state index in [0.717, 1.165) is 19.5 Å². The maximum atomic E-state index is 15.5. The fraction of sp³-hybridized carbons (Fsp3) is 0.273. The minimum Gasteiger partial charge on any atom is -0.496 e. The Labute approximate surface area is 252 Å². The number of aryl methyl sites for hydroxylation is 1. The van der Waals surface area contributed by atoms with Crippen LogP contribution in [0.4, 0.5) is 19.5 Å². The molecule has 226 valence electrons. The lowest BCUT2D eigenvalue weighted by Gasteiger charge is -2.31. The molecule has 1 aromatic heterocycles. The Hall–Kier alpha value is -5.06. The zero-order valence-corrected chi connectivity index (χ0v) is 24.4. The standard InChI is InChI=1S/C33H30F2N4O5/c1-18-13-21(31(40)41)7-10-23(18)24-14-25(29(43-3)15-27(24)35)26-16-36-32(38-11-4-12-38)37-28(26)17-39-19(2)30(44-33(39)42)20-5-8-22(34)9-6-20/h5-10,13-16,19,30H,4,11-12,17H2,1-3H3,(H,40,41)/t19-,30-/m0/s1. The second-order valence-corrected chi connectivity index (χ2v) is 11.0. The van der Waals surface area contributed by atoms with Gasteiger partial charge in [0.15, 0.2) is 0 Å². The Bertz CT molecular complexity index is 1760. The number of aromatic nitrogens is 2. The van der Waals surface area contributed by atoms with Crippen LogP contribution in [0.1, 0.15) is 46.6 Å². The molecule has 0 aliphatic carbocycles. The van der Waals surface area contributed by atoms with Crippen LogP contribution in [0.15, 0.2) is 60.8 Å². The average Bonchev–Trinajstić information content (AvgIpc) is 3.25. The van der Waals surface area contributed by atoms with Gasteiger partial charge in [0.1, 0.15) is 23.5 Å². The number of hydrogen-bond acceptors (Lipinski definition) is 7. The van der Waals surface area contributed by atoms with Gasteiger partial charge >= 0.3 is 12.1 Å². The molecule has 1 amide bonds. The lowest BCUT2D eigenvalue weighted by Crippen LogP contribution is -2.39. The van der Waals surface area contributed by atoms with E-state index in [1.165, 1.54) is 37.4 Å². The van der Waals surface area contributed by atoms with Gasteiger partial charge in [0.05, 0.1) is 31.0 Å². The van der Waals surface area contributed by atoms with Crippen molar-refractivity contribution < 1.29 is 33.0 Å². The molecule has 11 heteroatoms. The Kier molecular flexibility index (Phi) is 7.62. The number of methoxy groups -OCH3 is 1. The highest BCUT2D eigenvalue weighted by Crippen LogP contribution is 2.40. The first-order valence-electron chi connectivity index (χ1n) is 14.2. The molecular weight excluding hydrogens is 570 g/mol. The summed E-state index contributed by atoms with van der Waals surface area (Å²) < 4.78 is 40.4. The largest absolute Gasteiger partial charge is 0.496 e. The topological polar surface area (TPSA) is 105 Å². The van der Waals surface area contributed by atoms with Crippen LogP contribution in [0.25, 0.3) is 22.3 Å². The third kappa shape index (κ3) is 5.29. The first-order valence-corrected chi connectivity index (χ1v) is 14.2. The Morgan fingerprint density at radius 1 is 1.05 bits per heavy atom. The monoisotopic (exact) mass is 600 g/mol. The van der Waals surface area contributed by atoms with Gasteiger partial charge in [-0.3, -0.25) is 4.90 Å². The lowest BCUT2D eigenvalue weighted by molar-refractivity contribution is 0.0696. The fourth-order valence-corrected chi connectivity index (χ4v) is 5.63. The molecule has 44 heavy (non-hydrogen) atoms. The number of hydrogen-bond donors (Lipinski definition) is 1. The number of amides is 1. The van der Waals surface area contributed by atoms with Crippen LogP contribution in [0, 0.1) is 18.6 Å². The normalized spacial score (nSPS) is 17.8. The van der Waals surface area contributed by atoms with Gasteiger partial charge in [0.2, 0.25) is 5.95 Å². The van der Waals surface area contributed by atoms with Crippen molar-refractivity contribution in [3.63, 3.8) is 0 Å². The van der Waals surface area contributed by atoms with Gasteiger partial charge in [-0.1, -0.05) is 18.2 Å². The summed E-state index contributed by atoms with van der Waals surface area (Å²) >= 11 is 0. The predicted octanol–water partition coefficient (Wildman–Crippen LogP) is 6.40. The number of ether oxygens (including phenoxy) is 2. The van der Waals surface area contributed by atoms with Crippen LogP contribution in [0.3, 0.4) is 0 Å². The molecule has 0 bridgehead atoms. The minimum atomic E-state index is -1.07. The maximum absolute atomic E-state index is 15.5. The predicted molar refractivity (Wildman–Crippen MR) is 159 cm³/mol. The summed E-state index contributed by atoms with van der Waals surface area (Å²) in [7, 11) is 1.44. The summed E-state index contributed by atoms with van der Waals surface area (Å²) in [5.74, 6) is -1.24. The molecular formula is C33H30F2N4O5. The summed E-state index contributed by atoms with van der Waals surface area (Å²) in [4.78, 5) is 37.7. The summed E-state index contributed by atoms with van der Waals surface area (Å²) in [6, 6.07) is 12.9. The number of anilines is 1. The maximum Gasteiger partial charge on any atom is 0.411 e. The Morgan fingerprint density at radius 2 is 1.80 bits per heavy atom. The smallest absolute Gasteiger partial charge is 0.411 e. The number of cyclic esters (lactones) is 1. The van der Waals surface area contributed by atoms with E-state index in [0.29, 0.717) is 39.5 Å². The second kappa shape index (κ2) is 11.6. The Balaban J connectivity index is 1.43. The fourth-order valence-electron chi connectivity index (χ4n) is 5.63. The van der Waals surface area contributed by atoms with E-state index in [9.17, 15) is 19.1 Å². The number of nitrogens with zero attached hydrogens (tertiary/aromatic N) is 4. The van der Waals surface area contributed by atoms with Gasteiger partial charge < -0.3 is 19.5 Å². The highest BCUT2D eigenvalue weighted by atomic mass is 19.1. The first kappa shape index (κ1) is 29.0. The third-order valence-corrected chi connectivity index (χ3v) is 8.25. The molecule has 2 saturated heterocycles. The van der Waals surface area contributed by atoms with E-state index in [2.05, 4.69) is 4.98 Å². The first-order chi connectivity index (χ1) is 21.1. The number of carbonyl (C=O) groups is 2. The number of aromatic carboxylic acids is 1. The molecule has 0 radical (unpaired) electrons. The van der Waals surface area contributed by atoms with Crippen LogP contribution in [0.2, 0.25) is 0 Å². The lowest BCUT2D eigenvalue weighted by atomic mass is 9.93. The SMILES string of the molecule is COc1cc(F)c(-c2ccc(C(=O)O)cc2C)cc1-c1cnc(N2CCC2)nc1CN1C(=O)O[C@H](c2ccc(F)cc2)[C@@H]1C. The molecule has 4 aromatic rings. The molecule has 6 rings (SSSR count). The van der Waals surface area contributed by atoms with Crippen molar-refractivity contribution >= 4 is 18.0 Å². The zero-order valence-electron chi connectivity index (χ0n) is 24.4. The molecule has 2 aliphatic heterocycles.